The van der Waals surface area contributed by atoms with Gasteiger partial charge in [-0.25, -0.2) is 15.3 Å². The van der Waals surface area contributed by atoms with Crippen molar-refractivity contribution in [2.75, 3.05) is 19.0 Å². The van der Waals surface area contributed by atoms with Crippen molar-refractivity contribution in [1.82, 2.24) is 10.5 Å². The minimum absolute atomic E-state index is 0.103. The Morgan fingerprint density at radius 2 is 2.17 bits per heavy atom. The summed E-state index contributed by atoms with van der Waals surface area (Å²) in [4.78, 5) is 21.3. The van der Waals surface area contributed by atoms with E-state index in [2.05, 4.69) is 34.8 Å². The Kier molecular flexibility index (Phi) is 5.97. The van der Waals surface area contributed by atoms with Crippen LogP contribution in [0.25, 0.3) is 11.1 Å². The van der Waals surface area contributed by atoms with Crippen molar-refractivity contribution in [3.05, 3.63) is 41.6 Å². The molecule has 0 saturated carbocycles. The Bertz CT molecular complexity index is 886. The Labute approximate surface area is 170 Å². The summed E-state index contributed by atoms with van der Waals surface area (Å²) in [5.41, 5.74) is 7.53. The molecule has 1 aliphatic carbocycles. The molecule has 1 aliphatic heterocycles. The van der Waals surface area contributed by atoms with E-state index in [1.54, 1.807) is 6.20 Å². The summed E-state index contributed by atoms with van der Waals surface area (Å²) < 4.78 is 11.7. The predicted molar refractivity (Wildman–Crippen MR) is 110 cm³/mol. The number of aromatic nitrogens is 1. The van der Waals surface area contributed by atoms with Crippen LogP contribution in [0.4, 0.5) is 10.5 Å². The number of hydroxylamine groups is 1. The van der Waals surface area contributed by atoms with Gasteiger partial charge in [0.2, 0.25) is 5.88 Å². The molecule has 0 radical (unpaired) electrons. The van der Waals surface area contributed by atoms with Gasteiger partial charge in [0.25, 0.3) is 0 Å². The predicted octanol–water partition coefficient (Wildman–Crippen LogP) is 3.87. The van der Waals surface area contributed by atoms with Gasteiger partial charge in [-0.2, -0.15) is 0 Å². The molecule has 1 aromatic carbocycles. The Balaban J connectivity index is 1.63. The number of fused-ring (bicyclic) bond motifs is 1. The van der Waals surface area contributed by atoms with Crippen LogP contribution in [-0.2, 0) is 22.4 Å². The summed E-state index contributed by atoms with van der Waals surface area (Å²) in [6, 6.07) is 7.70. The first kappa shape index (κ1) is 19.7. The Morgan fingerprint density at radius 3 is 3.00 bits per heavy atom. The van der Waals surface area contributed by atoms with Crippen LogP contribution in [0.3, 0.4) is 0 Å². The summed E-state index contributed by atoms with van der Waals surface area (Å²) in [5, 5.41) is 2.96. The number of nitrogens with one attached hydrogen (secondary N) is 2. The largest absolute Gasteiger partial charge is 0.474 e. The number of carbonyl (C=O) groups excluding carboxylic acids is 1. The van der Waals surface area contributed by atoms with Gasteiger partial charge in [0, 0.05) is 30.7 Å². The van der Waals surface area contributed by atoms with Crippen molar-refractivity contribution in [3.8, 4) is 17.0 Å². The highest BCUT2D eigenvalue weighted by molar-refractivity contribution is 5.96. The Morgan fingerprint density at radius 1 is 1.28 bits per heavy atom. The SMILES string of the molecule is CONC(=O)Nc1c(-c2ccnc(OC3CCOC(C)C3)c2)ccc2c1CCC2. The molecule has 2 N–H and O–H groups in total. The molecule has 0 spiro atoms. The molecule has 2 unspecified atom stereocenters. The third-order valence-corrected chi connectivity index (χ3v) is 5.49. The van der Waals surface area contributed by atoms with Crippen molar-refractivity contribution in [2.45, 2.75) is 51.2 Å². The monoisotopic (exact) mass is 397 g/mol. The van der Waals surface area contributed by atoms with Crippen LogP contribution in [0.15, 0.2) is 30.5 Å². The topological polar surface area (TPSA) is 81.7 Å². The van der Waals surface area contributed by atoms with E-state index in [1.165, 1.54) is 18.2 Å². The summed E-state index contributed by atoms with van der Waals surface area (Å²) in [7, 11) is 1.42. The zero-order chi connectivity index (χ0) is 20.2. The van der Waals surface area contributed by atoms with E-state index in [1.807, 2.05) is 12.1 Å². The number of rotatable bonds is 5. The maximum Gasteiger partial charge on any atom is 0.343 e. The van der Waals surface area contributed by atoms with Gasteiger partial charge in [0.15, 0.2) is 0 Å². The standard InChI is InChI=1S/C22H27N3O4/c1-14-12-17(9-11-28-14)29-20-13-16(8-10-23-20)19-7-6-15-4-3-5-18(15)21(19)24-22(26)25-27-2/h6-8,10,13-14,17H,3-5,9,11-12H2,1-2H3,(H2,24,25,26). The minimum atomic E-state index is -0.393. The van der Waals surface area contributed by atoms with Crippen LogP contribution in [0.2, 0.25) is 0 Å². The highest BCUT2D eigenvalue weighted by atomic mass is 16.6. The zero-order valence-electron chi connectivity index (χ0n) is 16.9. The summed E-state index contributed by atoms with van der Waals surface area (Å²) >= 11 is 0. The number of urea groups is 1. The molecule has 154 valence electrons. The lowest BCUT2D eigenvalue weighted by Crippen LogP contribution is -2.31. The average Bonchev–Trinajstić information content (AvgIpc) is 3.18. The third-order valence-electron chi connectivity index (χ3n) is 5.49. The molecule has 2 amide bonds. The van der Waals surface area contributed by atoms with E-state index in [4.69, 9.17) is 14.3 Å². The highest BCUT2D eigenvalue weighted by Gasteiger charge is 2.23. The minimum Gasteiger partial charge on any atom is -0.474 e. The van der Waals surface area contributed by atoms with Gasteiger partial charge < -0.3 is 14.8 Å². The van der Waals surface area contributed by atoms with Gasteiger partial charge in [0.05, 0.1) is 25.5 Å². The Hall–Kier alpha value is -2.64. The molecule has 1 aromatic heterocycles. The molecular formula is C22H27N3O4. The van der Waals surface area contributed by atoms with Crippen LogP contribution in [-0.4, -0.2) is 36.9 Å². The number of ether oxygens (including phenoxy) is 2. The lowest BCUT2D eigenvalue weighted by atomic mass is 9.98. The van der Waals surface area contributed by atoms with E-state index in [0.717, 1.165) is 48.9 Å². The van der Waals surface area contributed by atoms with Crippen molar-refractivity contribution >= 4 is 11.7 Å². The lowest BCUT2D eigenvalue weighted by Gasteiger charge is -2.27. The summed E-state index contributed by atoms with van der Waals surface area (Å²) in [6.45, 7) is 2.77. The summed E-state index contributed by atoms with van der Waals surface area (Å²) in [6.07, 6.45) is 6.83. The number of hydrogen-bond acceptors (Lipinski definition) is 5. The molecule has 29 heavy (non-hydrogen) atoms. The smallest absolute Gasteiger partial charge is 0.343 e. The van der Waals surface area contributed by atoms with E-state index >= 15 is 0 Å². The molecule has 7 nitrogen and oxygen atoms in total. The first-order chi connectivity index (χ1) is 14.1. The van der Waals surface area contributed by atoms with E-state index < -0.39 is 6.03 Å². The first-order valence-electron chi connectivity index (χ1n) is 10.1. The van der Waals surface area contributed by atoms with Crippen molar-refractivity contribution in [2.24, 2.45) is 0 Å². The highest BCUT2D eigenvalue weighted by Crippen LogP contribution is 2.38. The van der Waals surface area contributed by atoms with Crippen LogP contribution in [0.1, 0.15) is 37.3 Å². The van der Waals surface area contributed by atoms with Gasteiger partial charge in [-0.1, -0.05) is 12.1 Å². The zero-order valence-corrected chi connectivity index (χ0v) is 16.9. The number of pyridine rings is 1. The molecule has 1 saturated heterocycles. The summed E-state index contributed by atoms with van der Waals surface area (Å²) in [5.74, 6) is 0.592. The van der Waals surface area contributed by atoms with Crippen molar-refractivity contribution in [1.29, 1.82) is 0 Å². The van der Waals surface area contributed by atoms with Crippen LogP contribution in [0, 0.1) is 0 Å². The number of nitrogens with zero attached hydrogens (tertiary/aromatic N) is 1. The molecule has 2 aromatic rings. The average molecular weight is 397 g/mol. The van der Waals surface area contributed by atoms with Gasteiger partial charge in [-0.3, -0.25) is 4.84 Å². The fraction of sp³-hybridized carbons (Fsp3) is 0.455. The normalized spacial score (nSPS) is 20.8. The fourth-order valence-electron chi connectivity index (χ4n) is 4.16. The van der Waals surface area contributed by atoms with Crippen LogP contribution < -0.4 is 15.5 Å². The van der Waals surface area contributed by atoms with Crippen molar-refractivity contribution < 1.29 is 19.1 Å². The number of benzene rings is 1. The van der Waals surface area contributed by atoms with Gasteiger partial charge >= 0.3 is 6.03 Å². The fourth-order valence-corrected chi connectivity index (χ4v) is 4.16. The maximum absolute atomic E-state index is 12.2. The molecule has 7 heteroatoms. The molecule has 0 bridgehead atoms. The number of amides is 2. The van der Waals surface area contributed by atoms with Gasteiger partial charge in [-0.05, 0) is 48.9 Å². The lowest BCUT2D eigenvalue weighted by molar-refractivity contribution is -0.0263. The first-order valence-corrected chi connectivity index (χ1v) is 10.1. The van der Waals surface area contributed by atoms with Crippen LogP contribution in [0.5, 0.6) is 5.88 Å². The third kappa shape index (κ3) is 4.52. The molecule has 2 atom stereocenters. The van der Waals surface area contributed by atoms with E-state index in [0.29, 0.717) is 12.5 Å². The second kappa shape index (κ2) is 8.80. The second-order valence-corrected chi connectivity index (χ2v) is 7.57. The number of aryl methyl sites for hydroxylation is 1. The number of carbonyl (C=O) groups is 1. The maximum atomic E-state index is 12.2. The molecule has 4 rings (SSSR count). The number of hydrogen-bond donors (Lipinski definition) is 2. The van der Waals surface area contributed by atoms with Crippen molar-refractivity contribution in [3.63, 3.8) is 0 Å². The molecule has 2 aliphatic rings. The molecule has 2 heterocycles. The quantitative estimate of drug-likeness (QED) is 0.749. The van der Waals surface area contributed by atoms with Crippen LogP contribution >= 0.6 is 0 Å². The van der Waals surface area contributed by atoms with E-state index in [9.17, 15) is 4.79 Å². The molecular weight excluding hydrogens is 370 g/mol. The number of anilines is 1. The van der Waals surface area contributed by atoms with E-state index in [-0.39, 0.29) is 12.2 Å². The van der Waals surface area contributed by atoms with Gasteiger partial charge in [0.1, 0.15) is 6.10 Å². The van der Waals surface area contributed by atoms with Gasteiger partial charge in [-0.15, -0.1) is 0 Å². The molecule has 1 fully saturated rings. The second-order valence-electron chi connectivity index (χ2n) is 7.57.